The van der Waals surface area contributed by atoms with Gasteiger partial charge in [-0.05, 0) is 48.9 Å². The molecule has 0 bridgehead atoms. The summed E-state index contributed by atoms with van der Waals surface area (Å²) in [5.74, 6) is -0.519. The maximum absolute atomic E-state index is 14.1. The minimum Gasteiger partial charge on any atom is -0.495 e. The summed E-state index contributed by atoms with van der Waals surface area (Å²) >= 11 is 6.27. The van der Waals surface area contributed by atoms with Crippen molar-refractivity contribution >= 4 is 33.2 Å². The summed E-state index contributed by atoms with van der Waals surface area (Å²) in [5.41, 5.74) is 1.16. The number of hydrogen-bond donors (Lipinski definition) is 0. The molecule has 7 nitrogen and oxygen atoms in total. The highest BCUT2D eigenvalue weighted by molar-refractivity contribution is 7.93. The Morgan fingerprint density at radius 1 is 1.00 bits per heavy atom. The molecule has 3 aromatic rings. The van der Waals surface area contributed by atoms with E-state index in [-0.39, 0.29) is 27.9 Å². The number of methoxy groups -OCH3 is 2. The van der Waals surface area contributed by atoms with Crippen LogP contribution in [-0.4, -0.2) is 47.0 Å². The molecular weight excluding hydrogens is 495 g/mol. The van der Waals surface area contributed by atoms with Crippen molar-refractivity contribution in [2.75, 3.05) is 32.1 Å². The van der Waals surface area contributed by atoms with Crippen LogP contribution in [0.3, 0.4) is 0 Å². The van der Waals surface area contributed by atoms with E-state index in [1.54, 1.807) is 37.3 Å². The summed E-state index contributed by atoms with van der Waals surface area (Å²) in [6.45, 7) is 1.17. The number of ether oxygens (including phenoxy) is 2. The summed E-state index contributed by atoms with van der Waals surface area (Å²) in [7, 11) is 0.00734. The number of rotatable bonds is 9. The Balaban J connectivity index is 2.04. The predicted octanol–water partition coefficient (Wildman–Crippen LogP) is 4.66. The van der Waals surface area contributed by atoms with Gasteiger partial charge in [-0.3, -0.25) is 9.10 Å². The van der Waals surface area contributed by atoms with Gasteiger partial charge in [0.25, 0.3) is 10.0 Å². The Morgan fingerprint density at radius 2 is 1.66 bits per heavy atom. The molecule has 0 aliphatic heterocycles. The Kier molecular flexibility index (Phi) is 8.24. The Morgan fingerprint density at radius 3 is 2.29 bits per heavy atom. The van der Waals surface area contributed by atoms with Crippen molar-refractivity contribution in [1.29, 1.82) is 0 Å². The average molecular weight is 521 g/mol. The highest BCUT2D eigenvalue weighted by Gasteiger charge is 2.31. The molecule has 0 aliphatic carbocycles. The van der Waals surface area contributed by atoms with Crippen molar-refractivity contribution in [1.82, 2.24) is 4.90 Å². The molecule has 3 aromatic carbocycles. The van der Waals surface area contributed by atoms with Crippen LogP contribution in [0.2, 0.25) is 5.02 Å². The second kappa shape index (κ2) is 11.0. The van der Waals surface area contributed by atoms with Gasteiger partial charge in [-0.25, -0.2) is 12.8 Å². The predicted molar refractivity (Wildman–Crippen MR) is 133 cm³/mol. The summed E-state index contributed by atoms with van der Waals surface area (Å²) in [6.07, 6.45) is 0. The number of benzene rings is 3. The van der Waals surface area contributed by atoms with Crippen molar-refractivity contribution in [3.63, 3.8) is 0 Å². The van der Waals surface area contributed by atoms with Crippen LogP contribution in [0.25, 0.3) is 0 Å². The second-order valence-electron chi connectivity index (χ2n) is 7.83. The number of carbonyl (C=O) groups is 1. The molecule has 35 heavy (non-hydrogen) atoms. The molecule has 0 atom stereocenters. The fourth-order valence-electron chi connectivity index (χ4n) is 3.44. The van der Waals surface area contributed by atoms with Gasteiger partial charge in [0, 0.05) is 19.2 Å². The summed E-state index contributed by atoms with van der Waals surface area (Å²) in [5, 5.41) is 0.175. The normalized spacial score (nSPS) is 11.1. The standard InChI is InChI=1S/C25H26ClFN2O5S/c1-17-9-11-23(34-4)24(13-17)35(31,32)29(19-10-12-22(33-3)20(26)14-19)16-25(30)28(2)15-18-7-5-6-8-21(18)27/h5-14H,15-16H2,1-4H3. The Hall–Kier alpha value is -3.30. The second-order valence-corrected chi connectivity index (χ2v) is 10.1. The zero-order chi connectivity index (χ0) is 25.8. The summed E-state index contributed by atoms with van der Waals surface area (Å²) in [6, 6.07) is 15.2. The number of carbonyl (C=O) groups excluding carboxylic acids is 1. The number of halogens is 2. The molecule has 10 heteroatoms. The lowest BCUT2D eigenvalue weighted by Gasteiger charge is -2.27. The van der Waals surface area contributed by atoms with Crippen molar-refractivity contribution in [3.05, 3.63) is 82.6 Å². The van der Waals surface area contributed by atoms with Gasteiger partial charge in [-0.15, -0.1) is 0 Å². The molecule has 1 amide bonds. The number of sulfonamides is 1. The lowest BCUT2D eigenvalue weighted by Crippen LogP contribution is -2.41. The topological polar surface area (TPSA) is 76.2 Å². The van der Waals surface area contributed by atoms with E-state index >= 15 is 0 Å². The van der Waals surface area contributed by atoms with E-state index in [1.807, 2.05) is 0 Å². The summed E-state index contributed by atoms with van der Waals surface area (Å²) in [4.78, 5) is 14.3. The van der Waals surface area contributed by atoms with Crippen LogP contribution in [0.15, 0.2) is 65.6 Å². The third-order valence-corrected chi connectivity index (χ3v) is 7.47. The molecule has 0 N–H and O–H groups in total. The first-order valence-corrected chi connectivity index (χ1v) is 12.4. The number of amides is 1. The van der Waals surface area contributed by atoms with Gasteiger partial charge in [0.2, 0.25) is 5.91 Å². The Labute approximate surface area is 209 Å². The van der Waals surface area contributed by atoms with Crippen molar-refractivity contribution in [2.45, 2.75) is 18.4 Å². The quantitative estimate of drug-likeness (QED) is 0.410. The first kappa shape index (κ1) is 26.3. The molecule has 0 saturated heterocycles. The fraction of sp³-hybridized carbons (Fsp3) is 0.240. The van der Waals surface area contributed by atoms with Crippen LogP contribution in [0.4, 0.5) is 10.1 Å². The van der Waals surface area contributed by atoms with Gasteiger partial charge >= 0.3 is 0 Å². The number of hydrogen-bond acceptors (Lipinski definition) is 5. The van der Waals surface area contributed by atoms with Crippen LogP contribution in [0.1, 0.15) is 11.1 Å². The van der Waals surface area contributed by atoms with Crippen molar-refractivity contribution in [2.24, 2.45) is 0 Å². The van der Waals surface area contributed by atoms with E-state index in [0.29, 0.717) is 16.9 Å². The average Bonchev–Trinajstić information content (AvgIpc) is 2.83. The fourth-order valence-corrected chi connectivity index (χ4v) is 5.34. The summed E-state index contributed by atoms with van der Waals surface area (Å²) < 4.78 is 53.2. The van der Waals surface area contributed by atoms with E-state index < -0.39 is 28.3 Å². The van der Waals surface area contributed by atoms with E-state index in [4.69, 9.17) is 21.1 Å². The van der Waals surface area contributed by atoms with Gasteiger partial charge < -0.3 is 14.4 Å². The first-order valence-electron chi connectivity index (χ1n) is 10.6. The maximum atomic E-state index is 14.1. The van der Waals surface area contributed by atoms with E-state index in [9.17, 15) is 17.6 Å². The van der Waals surface area contributed by atoms with Crippen LogP contribution in [0, 0.1) is 12.7 Å². The number of aryl methyl sites for hydroxylation is 1. The van der Waals surface area contributed by atoms with E-state index in [0.717, 1.165) is 4.31 Å². The van der Waals surface area contributed by atoms with Gasteiger partial charge in [0.05, 0.1) is 24.9 Å². The van der Waals surface area contributed by atoms with Gasteiger partial charge in [0.15, 0.2) is 0 Å². The zero-order valence-electron chi connectivity index (χ0n) is 19.8. The Bertz CT molecular complexity index is 1330. The highest BCUT2D eigenvalue weighted by Crippen LogP contribution is 2.34. The minimum atomic E-state index is -4.28. The van der Waals surface area contributed by atoms with Gasteiger partial charge in [0.1, 0.15) is 28.8 Å². The molecule has 0 unspecified atom stereocenters. The molecule has 0 fully saturated rings. The van der Waals surface area contributed by atoms with Crippen LogP contribution < -0.4 is 13.8 Å². The largest absolute Gasteiger partial charge is 0.495 e. The molecular formula is C25H26ClFN2O5S. The minimum absolute atomic E-state index is 0.0312. The van der Waals surface area contributed by atoms with E-state index in [2.05, 4.69) is 0 Å². The third-order valence-electron chi connectivity index (χ3n) is 5.38. The third kappa shape index (κ3) is 5.86. The lowest BCUT2D eigenvalue weighted by atomic mass is 10.2. The number of nitrogens with zero attached hydrogens (tertiary/aromatic N) is 2. The molecule has 0 aliphatic rings. The monoisotopic (exact) mass is 520 g/mol. The molecule has 0 saturated carbocycles. The SMILES string of the molecule is COc1ccc(N(CC(=O)N(C)Cc2ccccc2F)S(=O)(=O)c2cc(C)ccc2OC)cc1Cl. The molecule has 3 rings (SSSR count). The lowest BCUT2D eigenvalue weighted by molar-refractivity contribution is -0.128. The van der Waals surface area contributed by atoms with Crippen molar-refractivity contribution < 1.29 is 27.1 Å². The first-order chi connectivity index (χ1) is 16.6. The molecule has 0 radical (unpaired) electrons. The van der Waals surface area contributed by atoms with E-state index in [1.165, 1.54) is 56.5 Å². The highest BCUT2D eigenvalue weighted by atomic mass is 35.5. The van der Waals surface area contributed by atoms with Gasteiger partial charge in [-0.2, -0.15) is 0 Å². The molecule has 0 heterocycles. The van der Waals surface area contributed by atoms with Crippen molar-refractivity contribution in [3.8, 4) is 11.5 Å². The van der Waals surface area contributed by atoms with Crippen LogP contribution in [-0.2, 0) is 21.4 Å². The molecule has 0 spiro atoms. The van der Waals surface area contributed by atoms with Crippen LogP contribution in [0.5, 0.6) is 11.5 Å². The van der Waals surface area contributed by atoms with Crippen LogP contribution >= 0.6 is 11.6 Å². The number of anilines is 1. The molecule has 0 aromatic heterocycles. The smallest absolute Gasteiger partial charge is 0.268 e. The maximum Gasteiger partial charge on any atom is 0.268 e. The van der Waals surface area contributed by atoms with Gasteiger partial charge in [-0.1, -0.05) is 35.9 Å². The zero-order valence-corrected chi connectivity index (χ0v) is 21.4. The number of likely N-dealkylation sites (N-methyl/N-ethyl adjacent to an activating group) is 1. The molecule has 186 valence electrons.